The van der Waals surface area contributed by atoms with Gasteiger partial charge in [-0.15, -0.1) is 8.19 Å². The van der Waals surface area contributed by atoms with Crippen LogP contribution in [0.5, 0.6) is 0 Å². The summed E-state index contributed by atoms with van der Waals surface area (Å²) >= 11 is 0. The van der Waals surface area contributed by atoms with Crippen molar-refractivity contribution in [1.82, 2.24) is 0 Å². The van der Waals surface area contributed by atoms with Gasteiger partial charge in [-0.2, -0.15) is 0 Å². The van der Waals surface area contributed by atoms with Crippen molar-refractivity contribution in [3.05, 3.63) is 23.2 Å². The minimum Gasteiger partial charge on any atom is -0.131 e. The van der Waals surface area contributed by atoms with Gasteiger partial charge in [-0.1, -0.05) is 57.9 Å². The van der Waals surface area contributed by atoms with E-state index in [9.17, 15) is 0 Å². The lowest BCUT2D eigenvalue weighted by Crippen LogP contribution is -1.84. The fourth-order valence-electron chi connectivity index (χ4n) is 1.91. The number of unbranched alkanes of at least 4 members (excludes halogenated alkanes) is 7. The lowest BCUT2D eigenvalue weighted by molar-refractivity contribution is 0.575. The van der Waals surface area contributed by atoms with Crippen LogP contribution in [0, 0.1) is 5.80 Å². The highest BCUT2D eigenvalue weighted by Crippen LogP contribution is 2.14. The van der Waals surface area contributed by atoms with Crippen LogP contribution in [-0.2, 0) is 6.42 Å². The smallest absolute Gasteiger partial charge is 0.00535 e. The molecule has 0 fully saturated rings. The van der Waals surface area contributed by atoms with Crippen molar-refractivity contribution in [2.75, 3.05) is 0 Å². The van der Waals surface area contributed by atoms with Crippen molar-refractivity contribution >= 4 is 8.19 Å². The Morgan fingerprint density at radius 2 is 1.67 bits per heavy atom. The SMILES string of the molecule is CCCCCCCCCCc1[c][pH]cc1. The van der Waals surface area contributed by atoms with E-state index in [2.05, 4.69) is 24.6 Å². The van der Waals surface area contributed by atoms with Gasteiger partial charge in [0.2, 0.25) is 0 Å². The zero-order valence-corrected chi connectivity index (χ0v) is 11.0. The van der Waals surface area contributed by atoms with Crippen molar-refractivity contribution < 1.29 is 0 Å². The van der Waals surface area contributed by atoms with Crippen LogP contribution in [-0.4, -0.2) is 0 Å². The van der Waals surface area contributed by atoms with Crippen LogP contribution < -0.4 is 0 Å². The van der Waals surface area contributed by atoms with Crippen LogP contribution >= 0.6 is 8.19 Å². The molecule has 1 heteroatoms. The van der Waals surface area contributed by atoms with Gasteiger partial charge < -0.3 is 0 Å². The fraction of sp³-hybridized carbons (Fsp3) is 0.714. The normalized spacial score (nSPS) is 11.3. The molecule has 0 saturated carbocycles. The van der Waals surface area contributed by atoms with Crippen molar-refractivity contribution in [2.24, 2.45) is 0 Å². The van der Waals surface area contributed by atoms with E-state index in [1.165, 1.54) is 63.4 Å². The standard InChI is InChI=1S/C14H24P/c1-2-3-4-5-6-7-8-9-10-14-11-12-15-13-14/h11-12,15H,2-10H2,1H3. The molecule has 1 unspecified atom stereocenters. The van der Waals surface area contributed by atoms with Gasteiger partial charge in [0.1, 0.15) is 0 Å². The maximum atomic E-state index is 3.41. The Morgan fingerprint density at radius 3 is 2.27 bits per heavy atom. The number of hydrogen-bond donors (Lipinski definition) is 0. The molecule has 0 amide bonds. The Hall–Kier alpha value is -0.220. The third-order valence-electron chi connectivity index (χ3n) is 2.90. The minimum atomic E-state index is 0.833. The van der Waals surface area contributed by atoms with E-state index in [0.717, 1.165) is 8.19 Å². The summed E-state index contributed by atoms with van der Waals surface area (Å²) in [5.41, 5.74) is 1.46. The largest absolute Gasteiger partial charge is 0.131 e. The molecule has 1 atom stereocenters. The Kier molecular flexibility index (Phi) is 7.74. The van der Waals surface area contributed by atoms with Gasteiger partial charge in [-0.05, 0) is 24.2 Å². The van der Waals surface area contributed by atoms with Gasteiger partial charge in [0.25, 0.3) is 0 Å². The van der Waals surface area contributed by atoms with Crippen molar-refractivity contribution in [1.29, 1.82) is 0 Å². The number of aryl methyl sites for hydroxylation is 1. The minimum absolute atomic E-state index is 0.833. The van der Waals surface area contributed by atoms with Crippen LogP contribution in [0.15, 0.2) is 11.9 Å². The summed E-state index contributed by atoms with van der Waals surface area (Å²) < 4.78 is 0. The lowest BCUT2D eigenvalue weighted by atomic mass is 10.1. The second kappa shape index (κ2) is 9.04. The van der Waals surface area contributed by atoms with Crippen LogP contribution in [0.4, 0.5) is 0 Å². The molecule has 0 aliphatic carbocycles. The summed E-state index contributed by atoms with van der Waals surface area (Å²) in [6.07, 6.45) is 12.6. The Labute approximate surface area is 96.6 Å². The van der Waals surface area contributed by atoms with Crippen LogP contribution in [0.1, 0.15) is 63.9 Å². The zero-order valence-electron chi connectivity index (χ0n) is 10.0. The molecule has 0 saturated heterocycles. The first-order valence-electron chi connectivity index (χ1n) is 6.47. The average Bonchev–Trinajstić information content (AvgIpc) is 2.75. The second-order valence-corrected chi connectivity index (χ2v) is 5.22. The van der Waals surface area contributed by atoms with Crippen LogP contribution in [0.25, 0.3) is 0 Å². The molecule has 0 spiro atoms. The number of rotatable bonds is 9. The first-order valence-corrected chi connectivity index (χ1v) is 7.55. The van der Waals surface area contributed by atoms with Crippen molar-refractivity contribution in [2.45, 2.75) is 64.7 Å². The zero-order chi connectivity index (χ0) is 10.8. The summed E-state index contributed by atoms with van der Waals surface area (Å²) in [5, 5.41) is 0. The molecule has 0 bridgehead atoms. The third-order valence-corrected chi connectivity index (χ3v) is 3.70. The van der Waals surface area contributed by atoms with E-state index >= 15 is 0 Å². The fourth-order valence-corrected chi connectivity index (χ4v) is 2.68. The molecule has 0 aliphatic rings. The third kappa shape index (κ3) is 6.79. The molecular weight excluding hydrogens is 199 g/mol. The van der Waals surface area contributed by atoms with Gasteiger partial charge in [-0.3, -0.25) is 0 Å². The molecule has 0 nitrogen and oxygen atoms in total. The van der Waals surface area contributed by atoms with Gasteiger partial charge in [0.05, 0.1) is 0 Å². The molecule has 0 N–H and O–H groups in total. The van der Waals surface area contributed by atoms with Crippen LogP contribution in [0.3, 0.4) is 0 Å². The molecule has 1 aromatic rings. The second-order valence-electron chi connectivity index (χ2n) is 4.35. The predicted molar refractivity (Wildman–Crippen MR) is 71.1 cm³/mol. The Balaban J connectivity index is 1.81. The van der Waals surface area contributed by atoms with E-state index in [0.29, 0.717) is 0 Å². The quantitative estimate of drug-likeness (QED) is 0.505. The molecule has 1 rings (SSSR count). The Bertz CT molecular complexity index is 213. The molecule has 85 valence electrons. The molecule has 0 aliphatic heterocycles. The van der Waals surface area contributed by atoms with Gasteiger partial charge in [0.15, 0.2) is 0 Å². The summed E-state index contributed by atoms with van der Waals surface area (Å²) in [7, 11) is 0.833. The lowest BCUT2D eigenvalue weighted by Gasteiger charge is -2.00. The van der Waals surface area contributed by atoms with Crippen LogP contribution in [0.2, 0.25) is 0 Å². The monoisotopic (exact) mass is 223 g/mol. The van der Waals surface area contributed by atoms with Gasteiger partial charge in [0, 0.05) is 5.80 Å². The van der Waals surface area contributed by atoms with Crippen molar-refractivity contribution in [3.8, 4) is 0 Å². The van der Waals surface area contributed by atoms with E-state index in [1.54, 1.807) is 0 Å². The molecule has 1 radical (unpaired) electrons. The van der Waals surface area contributed by atoms with Crippen molar-refractivity contribution in [3.63, 3.8) is 0 Å². The summed E-state index contributed by atoms with van der Waals surface area (Å²) in [5.74, 6) is 5.64. The maximum absolute atomic E-state index is 3.41. The maximum Gasteiger partial charge on any atom is 0.00535 e. The number of hydrogen-bond acceptors (Lipinski definition) is 0. The van der Waals surface area contributed by atoms with E-state index < -0.39 is 0 Å². The molecule has 1 aromatic heterocycles. The highest BCUT2D eigenvalue weighted by Gasteiger charge is 1.94. The molecule has 15 heavy (non-hydrogen) atoms. The highest BCUT2D eigenvalue weighted by atomic mass is 31.0. The average molecular weight is 223 g/mol. The van der Waals surface area contributed by atoms with E-state index in [1.807, 2.05) is 0 Å². The highest BCUT2D eigenvalue weighted by molar-refractivity contribution is 7.28. The first-order chi connectivity index (χ1) is 7.43. The summed E-state index contributed by atoms with van der Waals surface area (Å²) in [4.78, 5) is 0. The van der Waals surface area contributed by atoms with Gasteiger partial charge in [-0.25, -0.2) is 0 Å². The Morgan fingerprint density at radius 1 is 1.00 bits per heavy atom. The molecule has 1 heterocycles. The van der Waals surface area contributed by atoms with E-state index in [4.69, 9.17) is 0 Å². The topological polar surface area (TPSA) is 0 Å². The summed E-state index contributed by atoms with van der Waals surface area (Å²) in [6.45, 7) is 2.28. The first kappa shape index (κ1) is 12.8. The van der Waals surface area contributed by atoms with Gasteiger partial charge >= 0.3 is 0 Å². The molecule has 0 aromatic carbocycles. The molecular formula is C14H24P. The predicted octanol–water partition coefficient (Wildman–Crippen LogP) is 5.20. The van der Waals surface area contributed by atoms with E-state index in [-0.39, 0.29) is 0 Å². The summed E-state index contributed by atoms with van der Waals surface area (Å²) in [6, 6.07) is 2.25.